The van der Waals surface area contributed by atoms with Crippen molar-refractivity contribution in [3.63, 3.8) is 0 Å². The molecule has 9 heteroatoms. The lowest BCUT2D eigenvalue weighted by Gasteiger charge is -2.44. The average molecular weight is 542 g/mol. The third kappa shape index (κ3) is 4.21. The Morgan fingerprint density at radius 2 is 1.88 bits per heavy atom. The van der Waals surface area contributed by atoms with Gasteiger partial charge >= 0.3 is 0 Å². The summed E-state index contributed by atoms with van der Waals surface area (Å²) in [6.45, 7) is 8.72. The van der Waals surface area contributed by atoms with Crippen LogP contribution in [0.2, 0.25) is 0 Å². The molecule has 0 bridgehead atoms. The normalized spacial score (nSPS) is 28.5. The minimum absolute atomic E-state index is 0.00865. The second-order valence-electron chi connectivity index (χ2n) is 12.8. The molecule has 4 aromatic heterocycles. The largest absolute Gasteiger partial charge is 0.379 e. The van der Waals surface area contributed by atoms with E-state index in [1.807, 2.05) is 30.2 Å². The highest BCUT2D eigenvalue weighted by Gasteiger charge is 2.41. The summed E-state index contributed by atoms with van der Waals surface area (Å²) in [6.07, 6.45) is 8.09. The lowest BCUT2D eigenvalue weighted by molar-refractivity contribution is -0.0937. The Hall–Kier alpha value is -3.30. The fourth-order valence-electron chi connectivity index (χ4n) is 6.94. The van der Waals surface area contributed by atoms with Crippen molar-refractivity contribution in [2.45, 2.75) is 77.2 Å². The second kappa shape index (κ2) is 9.38. The molecule has 7 rings (SSSR count). The van der Waals surface area contributed by atoms with Crippen LogP contribution in [0.1, 0.15) is 56.8 Å². The minimum atomic E-state index is -0.0660. The number of aromatic nitrogens is 5. The highest BCUT2D eigenvalue weighted by Crippen LogP contribution is 2.43. The van der Waals surface area contributed by atoms with Crippen molar-refractivity contribution >= 4 is 28.1 Å². The van der Waals surface area contributed by atoms with Crippen molar-refractivity contribution in [3.8, 4) is 11.5 Å². The molecular formula is C31H39N7O2. The number of amides is 1. The van der Waals surface area contributed by atoms with E-state index in [2.05, 4.69) is 35.1 Å². The summed E-state index contributed by atoms with van der Waals surface area (Å²) in [5.74, 6) is 2.28. The van der Waals surface area contributed by atoms with Crippen molar-refractivity contribution in [3.05, 3.63) is 42.2 Å². The summed E-state index contributed by atoms with van der Waals surface area (Å²) in [6, 6.07) is 8.21. The number of fused-ring (bicyclic) bond motifs is 2. The Morgan fingerprint density at radius 3 is 2.58 bits per heavy atom. The standard InChI is InChI=1S/C31H39N7O2/c1-18-15-36(19(2)26(18)32)30(39)23-10-24-28(34-14-23)38(17-21-12-31(3,13-21)40-4)29(35-24)25-11-22-6-5-9-33-27(22)37(25)16-20-7-8-20/h5-6,9-11,14,18-21,26H,7-8,12-13,15-17,32H2,1-4H3/t18-,19-,21-,26-,31+/m1/s1. The predicted molar refractivity (Wildman–Crippen MR) is 155 cm³/mol. The number of ether oxygens (including phenoxy) is 1. The molecule has 1 saturated heterocycles. The molecule has 3 aliphatic rings. The maximum absolute atomic E-state index is 13.6. The number of carbonyl (C=O) groups is 1. The zero-order valence-corrected chi connectivity index (χ0v) is 23.9. The van der Waals surface area contributed by atoms with Crippen LogP contribution < -0.4 is 5.73 Å². The van der Waals surface area contributed by atoms with Gasteiger partial charge in [-0.1, -0.05) is 6.92 Å². The smallest absolute Gasteiger partial charge is 0.255 e. The number of nitrogens with zero attached hydrogens (tertiary/aromatic N) is 6. The summed E-state index contributed by atoms with van der Waals surface area (Å²) in [4.78, 5) is 30.2. The highest BCUT2D eigenvalue weighted by atomic mass is 16.5. The molecule has 1 amide bonds. The van der Waals surface area contributed by atoms with Crippen LogP contribution in [0, 0.1) is 17.8 Å². The maximum atomic E-state index is 13.6. The fourth-order valence-corrected chi connectivity index (χ4v) is 6.94. The Bertz CT molecular complexity index is 1600. The van der Waals surface area contributed by atoms with Gasteiger partial charge in [-0.15, -0.1) is 0 Å². The first-order valence-corrected chi connectivity index (χ1v) is 14.7. The zero-order valence-electron chi connectivity index (χ0n) is 23.9. The molecule has 3 atom stereocenters. The summed E-state index contributed by atoms with van der Waals surface area (Å²) in [7, 11) is 1.80. The molecule has 2 aliphatic carbocycles. The van der Waals surface area contributed by atoms with Crippen LogP contribution in [0.5, 0.6) is 0 Å². The number of likely N-dealkylation sites (tertiary alicyclic amines) is 1. The van der Waals surface area contributed by atoms with E-state index in [1.54, 1.807) is 13.3 Å². The van der Waals surface area contributed by atoms with Crippen LogP contribution in [-0.4, -0.2) is 66.2 Å². The van der Waals surface area contributed by atoms with E-state index in [0.717, 1.165) is 59.6 Å². The average Bonchev–Trinajstić information content (AvgIpc) is 3.52. The first kappa shape index (κ1) is 25.7. The molecule has 0 spiro atoms. The summed E-state index contributed by atoms with van der Waals surface area (Å²) in [5, 5.41) is 1.12. The number of hydrogen-bond acceptors (Lipinski definition) is 6. The van der Waals surface area contributed by atoms with Gasteiger partial charge in [-0.25, -0.2) is 15.0 Å². The molecule has 40 heavy (non-hydrogen) atoms. The molecule has 1 aliphatic heterocycles. The van der Waals surface area contributed by atoms with Crippen molar-refractivity contribution < 1.29 is 9.53 Å². The molecule has 2 N–H and O–H groups in total. The van der Waals surface area contributed by atoms with E-state index in [0.29, 0.717) is 23.9 Å². The van der Waals surface area contributed by atoms with Gasteiger partial charge in [-0.05, 0) is 81.5 Å². The SMILES string of the molecule is CO[C@]1(C)C[C@H](Cn2c(-c3cc4cccnc4n3CC3CC3)nc3cc(C(=O)N4C[C@@H](C)[C@@H](N)[C@H]4C)cnc32)C1. The van der Waals surface area contributed by atoms with E-state index in [9.17, 15) is 4.79 Å². The molecule has 9 nitrogen and oxygen atoms in total. The van der Waals surface area contributed by atoms with Crippen LogP contribution in [-0.2, 0) is 17.8 Å². The molecule has 0 radical (unpaired) electrons. The fraction of sp³-hybridized carbons (Fsp3) is 0.548. The monoisotopic (exact) mass is 541 g/mol. The molecule has 4 aromatic rings. The van der Waals surface area contributed by atoms with Crippen LogP contribution in [0.25, 0.3) is 33.7 Å². The lowest BCUT2D eigenvalue weighted by Crippen LogP contribution is -2.44. The third-order valence-corrected chi connectivity index (χ3v) is 9.68. The Kier molecular flexibility index (Phi) is 6.02. The third-order valence-electron chi connectivity index (χ3n) is 9.68. The van der Waals surface area contributed by atoms with E-state index in [1.165, 1.54) is 12.8 Å². The first-order valence-electron chi connectivity index (χ1n) is 14.7. The van der Waals surface area contributed by atoms with Crippen molar-refractivity contribution in [1.82, 2.24) is 29.0 Å². The van der Waals surface area contributed by atoms with Crippen LogP contribution >= 0.6 is 0 Å². The Balaban J connectivity index is 1.32. The number of hydrogen-bond donors (Lipinski definition) is 1. The minimum Gasteiger partial charge on any atom is -0.379 e. The lowest BCUT2D eigenvalue weighted by atomic mass is 9.72. The van der Waals surface area contributed by atoms with E-state index in [4.69, 9.17) is 25.4 Å². The Labute approximate surface area is 234 Å². The van der Waals surface area contributed by atoms with E-state index in [-0.39, 0.29) is 29.5 Å². The van der Waals surface area contributed by atoms with E-state index < -0.39 is 0 Å². The molecule has 210 valence electrons. The molecule has 0 unspecified atom stereocenters. The summed E-state index contributed by atoms with van der Waals surface area (Å²) in [5.41, 5.74) is 10.5. The number of nitrogens with two attached hydrogens (primary N) is 1. The molecular weight excluding hydrogens is 502 g/mol. The zero-order chi connectivity index (χ0) is 27.8. The van der Waals surface area contributed by atoms with Gasteiger partial charge in [0.2, 0.25) is 0 Å². The Morgan fingerprint density at radius 1 is 1.10 bits per heavy atom. The van der Waals surface area contributed by atoms with Gasteiger partial charge in [0, 0.05) is 56.6 Å². The van der Waals surface area contributed by atoms with Crippen molar-refractivity contribution in [2.24, 2.45) is 23.5 Å². The number of carbonyl (C=O) groups excluding carboxylic acids is 1. The van der Waals surface area contributed by atoms with E-state index >= 15 is 0 Å². The van der Waals surface area contributed by atoms with Gasteiger partial charge in [0.15, 0.2) is 11.5 Å². The number of rotatable bonds is 7. The molecule has 2 saturated carbocycles. The molecule has 5 heterocycles. The van der Waals surface area contributed by atoms with Gasteiger partial charge in [0.25, 0.3) is 5.91 Å². The molecule has 0 aromatic carbocycles. The predicted octanol–water partition coefficient (Wildman–Crippen LogP) is 4.48. The van der Waals surface area contributed by atoms with Crippen molar-refractivity contribution in [1.29, 1.82) is 0 Å². The van der Waals surface area contributed by atoms with Gasteiger partial charge in [0.05, 0.1) is 16.9 Å². The molecule has 3 fully saturated rings. The van der Waals surface area contributed by atoms with Gasteiger partial charge in [-0.3, -0.25) is 4.79 Å². The second-order valence-corrected chi connectivity index (χ2v) is 12.8. The number of methoxy groups -OCH3 is 1. The topological polar surface area (TPSA) is 104 Å². The number of imidazole rings is 1. The highest BCUT2D eigenvalue weighted by molar-refractivity contribution is 5.97. The maximum Gasteiger partial charge on any atom is 0.255 e. The summed E-state index contributed by atoms with van der Waals surface area (Å²) < 4.78 is 10.3. The van der Waals surface area contributed by atoms with Gasteiger partial charge < -0.3 is 24.5 Å². The summed E-state index contributed by atoms with van der Waals surface area (Å²) >= 11 is 0. The van der Waals surface area contributed by atoms with Gasteiger partial charge in [0.1, 0.15) is 11.2 Å². The first-order chi connectivity index (χ1) is 19.2. The van der Waals surface area contributed by atoms with Crippen molar-refractivity contribution in [2.75, 3.05) is 13.7 Å². The van der Waals surface area contributed by atoms with Crippen LogP contribution in [0.4, 0.5) is 0 Å². The van der Waals surface area contributed by atoms with Crippen LogP contribution in [0.15, 0.2) is 36.7 Å². The quantitative estimate of drug-likeness (QED) is 0.370. The number of pyridine rings is 2. The van der Waals surface area contributed by atoms with Gasteiger partial charge in [-0.2, -0.15) is 0 Å². The van der Waals surface area contributed by atoms with Crippen LogP contribution in [0.3, 0.4) is 0 Å².